The number of hydrogen-bond acceptors (Lipinski definition) is 5. The molecular weight excluding hydrogens is 214 g/mol. The number of amides is 1. The Balaban J connectivity index is 3.88. The third kappa shape index (κ3) is 7.05. The van der Waals surface area contributed by atoms with Crippen molar-refractivity contribution in [3.63, 3.8) is 0 Å². The van der Waals surface area contributed by atoms with Crippen LogP contribution in [0.1, 0.15) is 34.6 Å². The molecule has 0 saturated carbocycles. The zero-order valence-corrected chi connectivity index (χ0v) is 10.3. The van der Waals surface area contributed by atoms with Crippen molar-refractivity contribution < 1.29 is 23.9 Å². The van der Waals surface area contributed by atoms with E-state index in [-0.39, 0.29) is 6.61 Å². The van der Waals surface area contributed by atoms with Crippen LogP contribution in [0.25, 0.3) is 0 Å². The first-order valence-corrected chi connectivity index (χ1v) is 5.07. The van der Waals surface area contributed by atoms with Crippen LogP contribution >= 0.6 is 0 Å². The summed E-state index contributed by atoms with van der Waals surface area (Å²) < 4.78 is 9.58. The number of hydroxylamine groups is 1. The highest BCUT2D eigenvalue weighted by Gasteiger charge is 2.19. The van der Waals surface area contributed by atoms with E-state index in [9.17, 15) is 9.59 Å². The highest BCUT2D eigenvalue weighted by Crippen LogP contribution is 2.06. The molecule has 0 fully saturated rings. The van der Waals surface area contributed by atoms with Gasteiger partial charge in [0.2, 0.25) is 0 Å². The lowest BCUT2D eigenvalue weighted by Crippen LogP contribution is -2.37. The molecule has 1 N–H and O–H groups in total. The van der Waals surface area contributed by atoms with Gasteiger partial charge in [0, 0.05) is 0 Å². The summed E-state index contributed by atoms with van der Waals surface area (Å²) in [4.78, 5) is 27.0. The van der Waals surface area contributed by atoms with Crippen molar-refractivity contribution in [2.24, 2.45) is 0 Å². The van der Waals surface area contributed by atoms with Crippen LogP contribution in [0.4, 0.5) is 4.79 Å². The van der Waals surface area contributed by atoms with Gasteiger partial charge in [-0.2, -0.15) is 5.48 Å². The maximum absolute atomic E-state index is 11.1. The van der Waals surface area contributed by atoms with Crippen LogP contribution in [0.2, 0.25) is 0 Å². The standard InChI is InChI=1S/C10H19NO5/c1-6-14-8(12)7(2)16-11-9(13)15-10(3,4)5/h7H,6H2,1-5H3,(H,11,13). The Morgan fingerprint density at radius 3 is 2.31 bits per heavy atom. The van der Waals surface area contributed by atoms with Gasteiger partial charge in [-0.1, -0.05) is 0 Å². The number of ether oxygens (including phenoxy) is 2. The van der Waals surface area contributed by atoms with Gasteiger partial charge in [-0.25, -0.2) is 9.59 Å². The molecule has 0 aliphatic heterocycles. The zero-order chi connectivity index (χ0) is 12.8. The van der Waals surface area contributed by atoms with Gasteiger partial charge in [0.25, 0.3) is 0 Å². The largest absolute Gasteiger partial charge is 0.464 e. The second-order valence-corrected chi connectivity index (χ2v) is 4.12. The summed E-state index contributed by atoms with van der Waals surface area (Å²) in [5.41, 5.74) is 1.41. The minimum atomic E-state index is -0.868. The summed E-state index contributed by atoms with van der Waals surface area (Å²) in [5, 5.41) is 0. The summed E-state index contributed by atoms with van der Waals surface area (Å²) in [7, 11) is 0. The Kier molecular flexibility index (Phi) is 5.81. The van der Waals surface area contributed by atoms with Gasteiger partial charge in [-0.15, -0.1) is 0 Å². The smallest absolute Gasteiger partial charge is 0.431 e. The minimum Gasteiger partial charge on any atom is -0.464 e. The predicted molar refractivity (Wildman–Crippen MR) is 56.5 cm³/mol. The van der Waals surface area contributed by atoms with E-state index in [2.05, 4.69) is 4.74 Å². The van der Waals surface area contributed by atoms with Crippen molar-refractivity contribution in [3.05, 3.63) is 0 Å². The van der Waals surface area contributed by atoms with E-state index >= 15 is 0 Å². The Morgan fingerprint density at radius 2 is 1.88 bits per heavy atom. The van der Waals surface area contributed by atoms with Crippen molar-refractivity contribution in [2.45, 2.75) is 46.3 Å². The normalized spacial score (nSPS) is 12.8. The molecule has 6 nitrogen and oxygen atoms in total. The zero-order valence-electron chi connectivity index (χ0n) is 10.3. The molecule has 0 bridgehead atoms. The average molecular weight is 233 g/mol. The van der Waals surface area contributed by atoms with Crippen molar-refractivity contribution in [2.75, 3.05) is 6.61 Å². The number of esters is 1. The topological polar surface area (TPSA) is 73.9 Å². The molecule has 0 rings (SSSR count). The highest BCUT2D eigenvalue weighted by molar-refractivity contribution is 5.74. The van der Waals surface area contributed by atoms with Crippen molar-refractivity contribution >= 4 is 12.1 Å². The molecule has 1 atom stereocenters. The lowest BCUT2D eigenvalue weighted by molar-refractivity contribution is -0.159. The Bertz CT molecular complexity index is 246. The fourth-order valence-electron chi connectivity index (χ4n) is 0.743. The Morgan fingerprint density at radius 1 is 1.31 bits per heavy atom. The average Bonchev–Trinajstić information content (AvgIpc) is 2.11. The number of nitrogens with one attached hydrogen (secondary N) is 1. The number of rotatable bonds is 4. The van der Waals surface area contributed by atoms with Gasteiger partial charge >= 0.3 is 12.1 Å². The maximum Gasteiger partial charge on any atom is 0.431 e. The van der Waals surface area contributed by atoms with Crippen LogP contribution in [-0.2, 0) is 19.1 Å². The molecule has 0 aromatic heterocycles. The summed E-state index contributed by atoms with van der Waals surface area (Å²) in [5.74, 6) is -0.543. The SMILES string of the molecule is CCOC(=O)C(C)ONC(=O)OC(C)(C)C. The monoisotopic (exact) mass is 233 g/mol. The second kappa shape index (κ2) is 6.32. The summed E-state index contributed by atoms with van der Waals surface area (Å²) in [6.07, 6.45) is -1.61. The van der Waals surface area contributed by atoms with Crippen molar-refractivity contribution in [1.29, 1.82) is 0 Å². The van der Waals surface area contributed by atoms with E-state index in [0.29, 0.717) is 0 Å². The molecule has 6 heteroatoms. The Hall–Kier alpha value is -1.30. The van der Waals surface area contributed by atoms with Crippen LogP contribution in [0.5, 0.6) is 0 Å². The van der Waals surface area contributed by atoms with E-state index in [1.807, 2.05) is 5.48 Å². The fourth-order valence-corrected chi connectivity index (χ4v) is 0.743. The molecule has 0 saturated heterocycles. The molecule has 0 aliphatic carbocycles. The third-order valence-electron chi connectivity index (χ3n) is 1.34. The van der Waals surface area contributed by atoms with Crippen LogP contribution < -0.4 is 5.48 Å². The summed E-state index contributed by atoms with van der Waals surface area (Å²) >= 11 is 0. The molecule has 0 aromatic rings. The van der Waals surface area contributed by atoms with Crippen LogP contribution in [0, 0.1) is 0 Å². The first kappa shape index (κ1) is 14.7. The first-order valence-electron chi connectivity index (χ1n) is 5.07. The number of hydrogen-bond donors (Lipinski definition) is 1. The van der Waals surface area contributed by atoms with E-state index in [1.54, 1.807) is 27.7 Å². The predicted octanol–water partition coefficient (Wildman–Crippen LogP) is 1.39. The van der Waals surface area contributed by atoms with Crippen molar-refractivity contribution in [1.82, 2.24) is 5.48 Å². The molecule has 0 aliphatic rings. The lowest BCUT2D eigenvalue weighted by Gasteiger charge is -2.20. The minimum absolute atomic E-state index is 0.263. The second-order valence-electron chi connectivity index (χ2n) is 4.12. The van der Waals surface area contributed by atoms with Gasteiger partial charge in [0.15, 0.2) is 6.10 Å². The van der Waals surface area contributed by atoms with Crippen LogP contribution in [0.3, 0.4) is 0 Å². The fraction of sp³-hybridized carbons (Fsp3) is 0.800. The quantitative estimate of drug-likeness (QED) is 0.586. The van der Waals surface area contributed by atoms with Gasteiger partial charge in [0.1, 0.15) is 5.60 Å². The molecule has 1 amide bonds. The van der Waals surface area contributed by atoms with Crippen LogP contribution in [0.15, 0.2) is 0 Å². The third-order valence-corrected chi connectivity index (χ3v) is 1.34. The first-order chi connectivity index (χ1) is 7.26. The molecule has 16 heavy (non-hydrogen) atoms. The van der Waals surface area contributed by atoms with Gasteiger partial charge in [0.05, 0.1) is 6.61 Å². The molecular formula is C10H19NO5. The van der Waals surface area contributed by atoms with Crippen molar-refractivity contribution in [3.8, 4) is 0 Å². The Labute approximate surface area is 95.2 Å². The molecule has 0 radical (unpaired) electrons. The van der Waals surface area contributed by atoms with Gasteiger partial charge < -0.3 is 9.47 Å². The molecule has 94 valence electrons. The van der Waals surface area contributed by atoms with E-state index < -0.39 is 23.8 Å². The summed E-state index contributed by atoms with van der Waals surface area (Å²) in [6, 6.07) is 0. The summed E-state index contributed by atoms with van der Waals surface area (Å²) in [6.45, 7) is 8.59. The lowest BCUT2D eigenvalue weighted by atomic mass is 10.2. The van der Waals surface area contributed by atoms with Gasteiger partial charge in [-0.05, 0) is 34.6 Å². The maximum atomic E-state index is 11.1. The molecule has 0 spiro atoms. The number of carbonyl (C=O) groups excluding carboxylic acids is 2. The van der Waals surface area contributed by atoms with Gasteiger partial charge in [-0.3, -0.25) is 4.84 Å². The highest BCUT2D eigenvalue weighted by atomic mass is 16.7. The molecule has 0 aromatic carbocycles. The number of carbonyl (C=O) groups is 2. The van der Waals surface area contributed by atoms with E-state index in [1.165, 1.54) is 6.92 Å². The van der Waals surface area contributed by atoms with Crippen LogP contribution in [-0.4, -0.2) is 30.4 Å². The molecule has 0 heterocycles. The van der Waals surface area contributed by atoms with E-state index in [0.717, 1.165) is 0 Å². The molecule has 1 unspecified atom stereocenters. The van der Waals surface area contributed by atoms with E-state index in [4.69, 9.17) is 9.57 Å².